The van der Waals surface area contributed by atoms with Gasteiger partial charge in [0.1, 0.15) is 5.76 Å². The van der Waals surface area contributed by atoms with E-state index < -0.39 is 5.97 Å². The summed E-state index contributed by atoms with van der Waals surface area (Å²) in [5, 5.41) is 10.7. The first-order chi connectivity index (χ1) is 10.9. The third-order valence-electron chi connectivity index (χ3n) is 3.45. The molecule has 0 aromatic carbocycles. The van der Waals surface area contributed by atoms with Gasteiger partial charge in [-0.15, -0.1) is 11.3 Å². The molecule has 7 heteroatoms. The van der Waals surface area contributed by atoms with Crippen LogP contribution in [0.25, 0.3) is 10.8 Å². The number of carbonyl (C=O) groups is 2. The number of rotatable bonds is 7. The lowest BCUT2D eigenvalue weighted by molar-refractivity contribution is -0.139. The summed E-state index contributed by atoms with van der Waals surface area (Å²) >= 11 is 1.52. The summed E-state index contributed by atoms with van der Waals surface area (Å²) in [6.07, 6.45) is 0.0423. The van der Waals surface area contributed by atoms with Gasteiger partial charge in [-0.05, 0) is 32.2 Å². The van der Waals surface area contributed by atoms with E-state index in [0.717, 1.165) is 4.88 Å². The number of aryl methyl sites for hydroxylation is 1. The van der Waals surface area contributed by atoms with Crippen LogP contribution in [0.4, 0.5) is 0 Å². The first kappa shape index (κ1) is 17.2. The minimum absolute atomic E-state index is 0.0641. The van der Waals surface area contributed by atoms with Crippen LogP contribution in [-0.2, 0) is 16.0 Å². The van der Waals surface area contributed by atoms with Gasteiger partial charge in [-0.1, -0.05) is 6.07 Å². The van der Waals surface area contributed by atoms with E-state index in [1.54, 1.807) is 11.8 Å². The second-order valence-electron chi connectivity index (χ2n) is 5.50. The van der Waals surface area contributed by atoms with Crippen molar-refractivity contribution in [3.63, 3.8) is 0 Å². The quantitative estimate of drug-likeness (QED) is 0.840. The van der Waals surface area contributed by atoms with Crippen LogP contribution in [0.5, 0.6) is 0 Å². The summed E-state index contributed by atoms with van der Waals surface area (Å²) in [7, 11) is 0. The summed E-state index contributed by atoms with van der Waals surface area (Å²) in [4.78, 5) is 30.1. The smallest absolute Gasteiger partial charge is 0.305 e. The number of carbonyl (C=O) groups excluding carboxylic acids is 1. The fraction of sp³-hybridized carbons (Fsp3) is 0.438. The van der Waals surface area contributed by atoms with Crippen LogP contribution in [0, 0.1) is 6.92 Å². The fourth-order valence-corrected chi connectivity index (χ4v) is 2.88. The molecule has 0 saturated heterocycles. The first-order valence-corrected chi connectivity index (χ1v) is 8.28. The van der Waals surface area contributed by atoms with Gasteiger partial charge in [-0.25, -0.2) is 4.98 Å². The molecule has 6 nitrogen and oxygen atoms in total. The van der Waals surface area contributed by atoms with E-state index in [-0.39, 0.29) is 31.3 Å². The van der Waals surface area contributed by atoms with E-state index in [4.69, 9.17) is 9.52 Å². The molecule has 0 saturated carbocycles. The van der Waals surface area contributed by atoms with E-state index >= 15 is 0 Å². The minimum atomic E-state index is -0.916. The van der Waals surface area contributed by atoms with Crippen LogP contribution in [0.15, 0.2) is 21.9 Å². The van der Waals surface area contributed by atoms with Crippen LogP contribution >= 0.6 is 11.3 Å². The molecule has 0 fully saturated rings. The van der Waals surface area contributed by atoms with E-state index in [0.29, 0.717) is 17.3 Å². The van der Waals surface area contributed by atoms with Gasteiger partial charge in [-0.3, -0.25) is 9.59 Å². The van der Waals surface area contributed by atoms with Crippen molar-refractivity contribution in [2.24, 2.45) is 0 Å². The zero-order valence-corrected chi connectivity index (χ0v) is 14.2. The molecule has 0 atom stereocenters. The van der Waals surface area contributed by atoms with Crippen molar-refractivity contribution in [1.29, 1.82) is 0 Å². The highest BCUT2D eigenvalue weighted by Crippen LogP contribution is 2.26. The summed E-state index contributed by atoms with van der Waals surface area (Å²) in [6.45, 7) is 5.71. The number of nitrogens with zero attached hydrogens (tertiary/aromatic N) is 2. The monoisotopic (exact) mass is 336 g/mol. The molecular weight excluding hydrogens is 316 g/mol. The van der Waals surface area contributed by atoms with Crippen molar-refractivity contribution in [2.45, 2.75) is 39.7 Å². The molecule has 0 aliphatic heterocycles. The maximum absolute atomic E-state index is 12.5. The van der Waals surface area contributed by atoms with Crippen LogP contribution in [-0.4, -0.2) is 39.5 Å². The number of carboxylic acid groups (broad SMARTS) is 1. The molecule has 0 spiro atoms. The predicted molar refractivity (Wildman–Crippen MR) is 87.4 cm³/mol. The summed E-state index contributed by atoms with van der Waals surface area (Å²) in [5.74, 6) is 0.0713. The molecule has 0 aliphatic carbocycles. The normalized spacial score (nSPS) is 11.0. The van der Waals surface area contributed by atoms with E-state index in [1.165, 1.54) is 11.3 Å². The summed E-state index contributed by atoms with van der Waals surface area (Å²) < 4.78 is 5.63. The number of aliphatic carboxylic acids is 1. The zero-order chi connectivity index (χ0) is 17.0. The lowest BCUT2D eigenvalue weighted by atomic mass is 10.2. The number of carboxylic acids is 1. The Hall–Kier alpha value is -2.15. The molecule has 0 bridgehead atoms. The molecule has 2 aromatic heterocycles. The molecule has 2 rings (SSSR count). The van der Waals surface area contributed by atoms with Gasteiger partial charge < -0.3 is 14.4 Å². The minimum Gasteiger partial charge on any atom is -0.481 e. The Morgan fingerprint density at radius 1 is 1.43 bits per heavy atom. The van der Waals surface area contributed by atoms with Gasteiger partial charge in [-0.2, -0.15) is 0 Å². The van der Waals surface area contributed by atoms with Gasteiger partial charge in [0.25, 0.3) is 0 Å². The highest BCUT2D eigenvalue weighted by Gasteiger charge is 2.21. The Morgan fingerprint density at radius 2 is 2.17 bits per heavy atom. The molecule has 0 unspecified atom stereocenters. The van der Waals surface area contributed by atoms with Gasteiger partial charge in [0.15, 0.2) is 0 Å². The molecule has 0 aliphatic rings. The van der Waals surface area contributed by atoms with Gasteiger partial charge in [0.05, 0.1) is 23.4 Å². The Morgan fingerprint density at radius 3 is 2.74 bits per heavy atom. The van der Waals surface area contributed by atoms with Crippen LogP contribution < -0.4 is 0 Å². The van der Waals surface area contributed by atoms with Crippen molar-refractivity contribution in [3.8, 4) is 10.8 Å². The Balaban J connectivity index is 2.10. The van der Waals surface area contributed by atoms with E-state index in [1.807, 2.05) is 31.4 Å². The average molecular weight is 336 g/mol. The van der Waals surface area contributed by atoms with Gasteiger partial charge in [0, 0.05) is 12.6 Å². The average Bonchev–Trinajstić information content (AvgIpc) is 3.08. The van der Waals surface area contributed by atoms with Crippen LogP contribution in [0.1, 0.15) is 31.7 Å². The van der Waals surface area contributed by atoms with Crippen LogP contribution in [0.3, 0.4) is 0 Å². The number of aromatic nitrogens is 1. The van der Waals surface area contributed by atoms with Crippen LogP contribution in [0.2, 0.25) is 0 Å². The lowest BCUT2D eigenvalue weighted by Crippen LogP contribution is -2.39. The number of hydrogen-bond acceptors (Lipinski definition) is 5. The first-order valence-electron chi connectivity index (χ1n) is 7.40. The molecule has 1 amide bonds. The van der Waals surface area contributed by atoms with Crippen molar-refractivity contribution >= 4 is 23.2 Å². The molecular formula is C16H20N2O4S. The second-order valence-corrected chi connectivity index (χ2v) is 6.45. The summed E-state index contributed by atoms with van der Waals surface area (Å²) in [5.41, 5.74) is 0.597. The highest BCUT2D eigenvalue weighted by molar-refractivity contribution is 7.13. The number of thiophene rings is 1. The van der Waals surface area contributed by atoms with Gasteiger partial charge in [0.2, 0.25) is 11.8 Å². The van der Waals surface area contributed by atoms with E-state index in [9.17, 15) is 9.59 Å². The molecule has 0 radical (unpaired) electrons. The van der Waals surface area contributed by atoms with Crippen molar-refractivity contribution in [1.82, 2.24) is 9.88 Å². The zero-order valence-electron chi connectivity index (χ0n) is 13.4. The lowest BCUT2D eigenvalue weighted by Gasteiger charge is -2.26. The number of oxazole rings is 1. The topological polar surface area (TPSA) is 83.6 Å². The number of amides is 1. The highest BCUT2D eigenvalue weighted by atomic mass is 32.1. The number of hydrogen-bond donors (Lipinski definition) is 1. The SMILES string of the molecule is Cc1oc(-c2cccs2)nc1CC(=O)N(CCC(=O)O)C(C)C. The Kier molecular flexibility index (Phi) is 5.54. The standard InChI is InChI=1S/C16H20N2O4S/c1-10(2)18(7-6-15(20)21)14(19)9-12-11(3)22-16(17-12)13-5-4-8-23-13/h4-5,8,10H,6-7,9H2,1-3H3,(H,20,21). The molecule has 1 N–H and O–H groups in total. The maximum atomic E-state index is 12.5. The fourth-order valence-electron chi connectivity index (χ4n) is 2.23. The molecule has 23 heavy (non-hydrogen) atoms. The van der Waals surface area contributed by atoms with E-state index in [2.05, 4.69) is 4.98 Å². The van der Waals surface area contributed by atoms with Crippen molar-refractivity contribution in [2.75, 3.05) is 6.54 Å². The summed E-state index contributed by atoms with van der Waals surface area (Å²) in [6, 6.07) is 3.76. The maximum Gasteiger partial charge on any atom is 0.305 e. The Labute approximate surface area is 138 Å². The molecule has 124 valence electrons. The predicted octanol–water partition coefficient (Wildman–Crippen LogP) is 2.97. The molecule has 2 heterocycles. The Bertz CT molecular complexity index is 676. The third kappa shape index (κ3) is 4.41. The third-order valence-corrected chi connectivity index (χ3v) is 4.31. The van der Waals surface area contributed by atoms with Gasteiger partial charge >= 0.3 is 5.97 Å². The molecule has 2 aromatic rings. The second kappa shape index (κ2) is 7.41. The van der Waals surface area contributed by atoms with Crippen molar-refractivity contribution < 1.29 is 19.1 Å². The van der Waals surface area contributed by atoms with Crippen molar-refractivity contribution in [3.05, 3.63) is 29.0 Å². The largest absolute Gasteiger partial charge is 0.481 e.